The molecule has 0 atom stereocenters. The van der Waals surface area contributed by atoms with Crippen LogP contribution in [0.5, 0.6) is 0 Å². The van der Waals surface area contributed by atoms with Crippen LogP contribution in [0.1, 0.15) is 11.1 Å². The second kappa shape index (κ2) is 5.88. The number of halogens is 2. The Morgan fingerprint density at radius 2 is 2.00 bits per heavy atom. The summed E-state index contributed by atoms with van der Waals surface area (Å²) in [5, 5.41) is 4.59. The van der Waals surface area contributed by atoms with Crippen molar-refractivity contribution in [3.63, 3.8) is 0 Å². The van der Waals surface area contributed by atoms with Gasteiger partial charge in [-0.15, -0.1) is 0 Å². The van der Waals surface area contributed by atoms with Crippen molar-refractivity contribution >= 4 is 22.5 Å². The van der Waals surface area contributed by atoms with Gasteiger partial charge >= 0.3 is 0 Å². The smallest absolute Gasteiger partial charge is 0.141 e. The van der Waals surface area contributed by atoms with Gasteiger partial charge in [0.25, 0.3) is 0 Å². The van der Waals surface area contributed by atoms with Crippen LogP contribution in [-0.2, 0) is 13.1 Å². The Morgan fingerprint density at radius 3 is 2.76 bits per heavy atom. The van der Waals surface area contributed by atoms with Crippen molar-refractivity contribution in [2.75, 3.05) is 7.05 Å². The number of nitrogens with zero attached hydrogens (tertiary/aromatic N) is 1. The molecule has 21 heavy (non-hydrogen) atoms. The van der Waals surface area contributed by atoms with E-state index >= 15 is 0 Å². The fourth-order valence-electron chi connectivity index (χ4n) is 2.62. The van der Waals surface area contributed by atoms with Crippen LogP contribution in [-0.4, -0.2) is 11.6 Å². The highest BCUT2D eigenvalue weighted by molar-refractivity contribution is 6.30. The lowest BCUT2D eigenvalue weighted by Gasteiger charge is -2.06. The minimum Gasteiger partial charge on any atom is -0.343 e. The van der Waals surface area contributed by atoms with Crippen molar-refractivity contribution in [3.05, 3.63) is 70.6 Å². The van der Waals surface area contributed by atoms with Crippen molar-refractivity contribution < 1.29 is 4.39 Å². The molecule has 0 spiro atoms. The summed E-state index contributed by atoms with van der Waals surface area (Å²) in [6.45, 7) is 1.49. The largest absolute Gasteiger partial charge is 0.343 e. The summed E-state index contributed by atoms with van der Waals surface area (Å²) in [5.74, 6) is -0.381. The van der Waals surface area contributed by atoms with Crippen LogP contribution in [0.2, 0.25) is 5.02 Å². The maximum Gasteiger partial charge on any atom is 0.141 e. The van der Waals surface area contributed by atoms with Gasteiger partial charge in [-0.25, -0.2) is 4.39 Å². The van der Waals surface area contributed by atoms with Crippen LogP contribution >= 0.6 is 11.6 Å². The second-order valence-corrected chi connectivity index (χ2v) is 5.49. The van der Waals surface area contributed by atoms with E-state index in [2.05, 4.69) is 28.2 Å². The molecule has 3 rings (SSSR count). The van der Waals surface area contributed by atoms with Gasteiger partial charge in [0.05, 0.1) is 5.02 Å². The molecule has 0 bridgehead atoms. The van der Waals surface area contributed by atoms with E-state index in [9.17, 15) is 4.39 Å². The summed E-state index contributed by atoms with van der Waals surface area (Å²) in [4.78, 5) is 0. The van der Waals surface area contributed by atoms with Gasteiger partial charge in [-0.2, -0.15) is 0 Å². The lowest BCUT2D eigenvalue weighted by molar-refractivity contribution is 0.627. The Bertz CT molecular complexity index is 780. The van der Waals surface area contributed by atoms with Gasteiger partial charge in [0, 0.05) is 30.2 Å². The highest BCUT2D eigenvalue weighted by Gasteiger charge is 2.08. The predicted octanol–water partition coefficient (Wildman–Crippen LogP) is 4.20. The van der Waals surface area contributed by atoms with Crippen LogP contribution < -0.4 is 5.32 Å². The maximum atomic E-state index is 13.2. The molecule has 0 amide bonds. The highest BCUT2D eigenvalue weighted by Crippen LogP contribution is 2.23. The Labute approximate surface area is 128 Å². The zero-order chi connectivity index (χ0) is 14.8. The lowest BCUT2D eigenvalue weighted by atomic mass is 10.2. The van der Waals surface area contributed by atoms with Gasteiger partial charge < -0.3 is 9.88 Å². The quantitative estimate of drug-likeness (QED) is 0.764. The predicted molar refractivity (Wildman–Crippen MR) is 85.2 cm³/mol. The molecule has 0 saturated heterocycles. The first kappa shape index (κ1) is 14.1. The van der Waals surface area contributed by atoms with E-state index in [1.165, 1.54) is 22.5 Å². The fourth-order valence-corrected chi connectivity index (χ4v) is 2.82. The van der Waals surface area contributed by atoms with Crippen molar-refractivity contribution in [3.8, 4) is 0 Å². The zero-order valence-electron chi connectivity index (χ0n) is 11.7. The molecule has 0 fully saturated rings. The Hall–Kier alpha value is -1.84. The third-order valence-electron chi connectivity index (χ3n) is 3.58. The molecule has 0 aliphatic rings. The topological polar surface area (TPSA) is 17.0 Å². The van der Waals surface area contributed by atoms with E-state index in [0.717, 1.165) is 12.1 Å². The van der Waals surface area contributed by atoms with Crippen LogP contribution in [0.4, 0.5) is 4.39 Å². The third kappa shape index (κ3) is 2.80. The summed E-state index contributed by atoms with van der Waals surface area (Å²) in [6.07, 6.45) is 2.14. The summed E-state index contributed by atoms with van der Waals surface area (Å²) in [7, 11) is 1.94. The molecule has 0 saturated carbocycles. The SMILES string of the molecule is CNCc1cn(Cc2ccc(F)c(Cl)c2)c2ccccc12. The van der Waals surface area contributed by atoms with E-state index in [1.54, 1.807) is 12.1 Å². The molecule has 3 aromatic rings. The van der Waals surface area contributed by atoms with Crippen molar-refractivity contribution in [2.45, 2.75) is 13.1 Å². The van der Waals surface area contributed by atoms with Gasteiger partial charge in [-0.1, -0.05) is 35.9 Å². The summed E-state index contributed by atoms with van der Waals surface area (Å²) >= 11 is 5.86. The standard InChI is InChI=1S/C17H16ClFN2/c1-20-9-13-11-21(17-5-3-2-4-14(13)17)10-12-6-7-16(19)15(18)8-12/h2-8,11,20H,9-10H2,1H3. The van der Waals surface area contributed by atoms with Gasteiger partial charge in [0.2, 0.25) is 0 Å². The first-order valence-corrected chi connectivity index (χ1v) is 7.22. The maximum absolute atomic E-state index is 13.2. The Balaban J connectivity index is 2.01. The lowest BCUT2D eigenvalue weighted by Crippen LogP contribution is -2.04. The monoisotopic (exact) mass is 302 g/mol. The normalized spacial score (nSPS) is 11.2. The van der Waals surface area contributed by atoms with Gasteiger partial charge in [0.15, 0.2) is 0 Å². The van der Waals surface area contributed by atoms with E-state index in [-0.39, 0.29) is 10.8 Å². The van der Waals surface area contributed by atoms with Gasteiger partial charge in [0.1, 0.15) is 5.82 Å². The number of hydrogen-bond acceptors (Lipinski definition) is 1. The molecular formula is C17H16ClFN2. The van der Waals surface area contributed by atoms with Crippen molar-refractivity contribution in [1.82, 2.24) is 9.88 Å². The van der Waals surface area contributed by atoms with Crippen LogP contribution in [0.3, 0.4) is 0 Å². The summed E-state index contributed by atoms with van der Waals surface area (Å²) in [5.41, 5.74) is 3.41. The molecule has 0 radical (unpaired) electrons. The van der Waals surface area contributed by atoms with Gasteiger partial charge in [-0.05, 0) is 36.4 Å². The molecule has 0 unspecified atom stereocenters. The van der Waals surface area contributed by atoms with E-state index in [1.807, 2.05) is 19.2 Å². The zero-order valence-corrected chi connectivity index (χ0v) is 12.5. The molecular weight excluding hydrogens is 287 g/mol. The first-order chi connectivity index (χ1) is 10.2. The number of fused-ring (bicyclic) bond motifs is 1. The summed E-state index contributed by atoms with van der Waals surface area (Å²) in [6, 6.07) is 13.2. The number of para-hydroxylation sites is 1. The fraction of sp³-hybridized carbons (Fsp3) is 0.176. The van der Waals surface area contributed by atoms with Crippen LogP contribution in [0, 0.1) is 5.82 Å². The molecule has 0 aliphatic heterocycles. The van der Waals surface area contributed by atoms with E-state index in [0.29, 0.717) is 6.54 Å². The minimum absolute atomic E-state index is 0.166. The van der Waals surface area contributed by atoms with Crippen molar-refractivity contribution in [2.24, 2.45) is 0 Å². The molecule has 108 valence electrons. The minimum atomic E-state index is -0.381. The van der Waals surface area contributed by atoms with E-state index in [4.69, 9.17) is 11.6 Å². The Kier molecular flexibility index (Phi) is 3.95. The number of nitrogens with one attached hydrogen (secondary N) is 1. The van der Waals surface area contributed by atoms with Crippen molar-refractivity contribution in [1.29, 1.82) is 0 Å². The van der Waals surface area contributed by atoms with Gasteiger partial charge in [-0.3, -0.25) is 0 Å². The Morgan fingerprint density at radius 1 is 1.19 bits per heavy atom. The number of rotatable bonds is 4. The third-order valence-corrected chi connectivity index (χ3v) is 3.86. The molecule has 1 heterocycles. The van der Waals surface area contributed by atoms with E-state index < -0.39 is 0 Å². The number of benzene rings is 2. The average Bonchev–Trinajstić information content (AvgIpc) is 2.82. The molecule has 0 aliphatic carbocycles. The second-order valence-electron chi connectivity index (χ2n) is 5.08. The summed E-state index contributed by atoms with van der Waals surface area (Å²) < 4.78 is 15.4. The first-order valence-electron chi connectivity index (χ1n) is 6.84. The highest BCUT2D eigenvalue weighted by atomic mass is 35.5. The van der Waals surface area contributed by atoms with Crippen LogP contribution in [0.25, 0.3) is 10.9 Å². The molecule has 1 N–H and O–H groups in total. The van der Waals surface area contributed by atoms with Crippen LogP contribution in [0.15, 0.2) is 48.7 Å². The molecule has 1 aromatic heterocycles. The molecule has 4 heteroatoms. The molecule has 2 nitrogen and oxygen atoms in total. The number of aromatic nitrogens is 1. The number of hydrogen-bond donors (Lipinski definition) is 1. The average molecular weight is 303 g/mol. The molecule has 2 aromatic carbocycles.